The Bertz CT molecular complexity index is 1510. The highest BCUT2D eigenvalue weighted by Crippen LogP contribution is 2.39. The van der Waals surface area contributed by atoms with Crippen LogP contribution in [0.1, 0.15) is 79.6 Å². The van der Waals surface area contributed by atoms with Gasteiger partial charge in [-0.15, -0.1) is 0 Å². The number of nitrogens with zero attached hydrogens (tertiary/aromatic N) is 2. The number of aliphatic hydroxyl groups excluding tert-OH is 1. The molecule has 3 heterocycles. The van der Waals surface area contributed by atoms with Crippen LogP contribution in [0.2, 0.25) is 0 Å². The predicted molar refractivity (Wildman–Crippen MR) is 175 cm³/mol. The minimum Gasteiger partial charge on any atom is -0.445 e. The second-order valence-corrected chi connectivity index (χ2v) is 12.5. The average molecular weight is 642 g/mol. The van der Waals surface area contributed by atoms with Crippen molar-refractivity contribution in [2.24, 2.45) is 0 Å². The molecule has 3 aromatic carbocycles. The molecule has 0 spiro atoms. The van der Waals surface area contributed by atoms with Crippen LogP contribution in [0, 0.1) is 0 Å². The van der Waals surface area contributed by atoms with Crippen LogP contribution in [-0.4, -0.2) is 59.7 Å². The molecule has 3 aromatic rings. The maximum Gasteiger partial charge on any atom is 0.408 e. The molecule has 0 radical (unpaired) electrons. The largest absolute Gasteiger partial charge is 0.445 e. The maximum atomic E-state index is 13.4. The molecule has 10 heteroatoms. The first-order valence-corrected chi connectivity index (χ1v) is 16.6. The summed E-state index contributed by atoms with van der Waals surface area (Å²) in [7, 11) is 0. The molecule has 3 saturated heterocycles. The van der Waals surface area contributed by atoms with Crippen molar-refractivity contribution < 1.29 is 33.7 Å². The molecule has 47 heavy (non-hydrogen) atoms. The summed E-state index contributed by atoms with van der Waals surface area (Å²) in [5.41, 5.74) is 3.73. The van der Waals surface area contributed by atoms with Gasteiger partial charge in [0.15, 0.2) is 6.29 Å². The zero-order valence-corrected chi connectivity index (χ0v) is 26.6. The summed E-state index contributed by atoms with van der Waals surface area (Å²) in [6.45, 7) is 2.92. The Hall–Kier alpha value is -4.09. The minimum atomic E-state index is -1.02. The molecule has 0 saturated carbocycles. The highest BCUT2D eigenvalue weighted by molar-refractivity contribution is 6.22. The molecule has 0 aliphatic carbocycles. The summed E-state index contributed by atoms with van der Waals surface area (Å²) in [5.74, 6) is -0.936. The lowest BCUT2D eigenvalue weighted by Gasteiger charge is -2.39. The third kappa shape index (κ3) is 8.44. The maximum absolute atomic E-state index is 13.4. The molecule has 3 fully saturated rings. The lowest BCUT2D eigenvalue weighted by atomic mass is 9.99. The van der Waals surface area contributed by atoms with Gasteiger partial charge in [-0.05, 0) is 54.8 Å². The Kier molecular flexibility index (Phi) is 10.9. The lowest BCUT2D eigenvalue weighted by molar-refractivity contribution is -0.253. The first kappa shape index (κ1) is 32.8. The fourth-order valence-corrected chi connectivity index (χ4v) is 6.55. The molecule has 3 aliphatic heterocycles. The molecule has 4 atom stereocenters. The second-order valence-electron chi connectivity index (χ2n) is 12.5. The normalized spacial score (nSPS) is 24.1. The van der Waals surface area contributed by atoms with E-state index >= 15 is 0 Å². The Balaban J connectivity index is 1.16. The highest BCUT2D eigenvalue weighted by atomic mass is 16.7. The summed E-state index contributed by atoms with van der Waals surface area (Å²) in [6.07, 6.45) is 4.86. The number of carbonyl (C=O) groups excluding carboxylic acids is 3. The molecule has 248 valence electrons. The standard InChI is InChI=1S/C37H43N3O7/c41-24-26-14-16-28(17-15-26)33-21-31(23-39-18-7-2-1-3-8-19-39)46-36(47-33)29-12-9-13-30(20-29)40-34(42)22-32(35(40)43)38-37(44)45-25-27-10-5-4-6-11-27/h4-6,9-17,20,31-33,36,41H,1-3,7-8,18-19,21-25H2,(H,38,44)/t31-,32?,33+,36+/m1/s1. The third-order valence-electron chi connectivity index (χ3n) is 9.08. The predicted octanol–water partition coefficient (Wildman–Crippen LogP) is 5.55. The van der Waals surface area contributed by atoms with Gasteiger partial charge in [-0.1, -0.05) is 86.0 Å². The van der Waals surface area contributed by atoms with Gasteiger partial charge in [0.2, 0.25) is 5.91 Å². The summed E-state index contributed by atoms with van der Waals surface area (Å²) in [4.78, 5) is 42.5. The number of amides is 3. The van der Waals surface area contributed by atoms with E-state index < -0.39 is 30.2 Å². The number of anilines is 1. The summed E-state index contributed by atoms with van der Waals surface area (Å²) in [5, 5.41) is 12.1. The van der Waals surface area contributed by atoms with Crippen molar-refractivity contribution in [3.05, 3.63) is 101 Å². The van der Waals surface area contributed by atoms with E-state index in [4.69, 9.17) is 14.2 Å². The highest BCUT2D eigenvalue weighted by Gasteiger charge is 2.41. The number of likely N-dealkylation sites (tertiary alicyclic amines) is 1. The van der Waals surface area contributed by atoms with Crippen molar-refractivity contribution in [3.8, 4) is 0 Å². The summed E-state index contributed by atoms with van der Waals surface area (Å²) >= 11 is 0. The van der Waals surface area contributed by atoms with Crippen LogP contribution in [0.4, 0.5) is 10.5 Å². The molecule has 0 bridgehead atoms. The quantitative estimate of drug-likeness (QED) is 0.292. The average Bonchev–Trinajstić information content (AvgIpc) is 3.36. The number of carbonyl (C=O) groups is 3. The molecule has 3 amide bonds. The van der Waals surface area contributed by atoms with Gasteiger partial charge in [0.1, 0.15) is 12.6 Å². The van der Waals surface area contributed by atoms with Crippen LogP contribution >= 0.6 is 0 Å². The Morgan fingerprint density at radius 2 is 1.60 bits per heavy atom. The SMILES string of the molecule is O=C(NC1CC(=O)N(c2cccc([C@H]3O[C@@H](CN4CCCCCCC4)C[C@@H](c4ccc(CO)cc4)O3)c2)C1=O)OCc1ccccc1. The lowest BCUT2D eigenvalue weighted by Crippen LogP contribution is -2.42. The molecule has 1 unspecified atom stereocenters. The Labute approximate surface area is 275 Å². The fourth-order valence-electron chi connectivity index (χ4n) is 6.55. The molecular formula is C37H43N3O7. The third-order valence-corrected chi connectivity index (χ3v) is 9.08. The van der Waals surface area contributed by atoms with Crippen molar-refractivity contribution in [1.82, 2.24) is 10.2 Å². The molecule has 3 aliphatic rings. The number of hydrogen-bond acceptors (Lipinski definition) is 8. The topological polar surface area (TPSA) is 118 Å². The minimum absolute atomic E-state index is 0.0267. The van der Waals surface area contributed by atoms with Crippen molar-refractivity contribution in [3.63, 3.8) is 0 Å². The van der Waals surface area contributed by atoms with Crippen LogP contribution in [0.3, 0.4) is 0 Å². The number of hydrogen-bond donors (Lipinski definition) is 2. The monoisotopic (exact) mass is 641 g/mol. The van der Waals surface area contributed by atoms with Gasteiger partial charge in [-0.25, -0.2) is 9.69 Å². The van der Waals surface area contributed by atoms with E-state index in [0.29, 0.717) is 17.7 Å². The summed E-state index contributed by atoms with van der Waals surface area (Å²) in [6, 6.07) is 23.1. The smallest absolute Gasteiger partial charge is 0.408 e. The molecular weight excluding hydrogens is 598 g/mol. The number of ether oxygens (including phenoxy) is 3. The number of benzene rings is 3. The van der Waals surface area contributed by atoms with E-state index in [1.54, 1.807) is 18.2 Å². The van der Waals surface area contributed by atoms with Crippen molar-refractivity contribution in [2.75, 3.05) is 24.5 Å². The number of rotatable bonds is 9. The van der Waals surface area contributed by atoms with Gasteiger partial charge in [0, 0.05) is 18.5 Å². The number of imide groups is 1. The summed E-state index contributed by atoms with van der Waals surface area (Å²) < 4.78 is 18.4. The molecule has 6 rings (SSSR count). The van der Waals surface area contributed by atoms with Crippen LogP contribution in [0.5, 0.6) is 0 Å². The van der Waals surface area contributed by atoms with Crippen molar-refractivity contribution in [2.45, 2.75) is 82.7 Å². The van der Waals surface area contributed by atoms with Gasteiger partial charge < -0.3 is 29.5 Å². The van der Waals surface area contributed by atoms with Gasteiger partial charge >= 0.3 is 6.09 Å². The Morgan fingerprint density at radius 1 is 0.851 bits per heavy atom. The van der Waals surface area contributed by atoms with E-state index in [-0.39, 0.29) is 31.8 Å². The molecule has 2 N–H and O–H groups in total. The Morgan fingerprint density at radius 3 is 2.34 bits per heavy atom. The van der Waals surface area contributed by atoms with Crippen LogP contribution in [0.25, 0.3) is 0 Å². The van der Waals surface area contributed by atoms with Crippen molar-refractivity contribution in [1.29, 1.82) is 0 Å². The van der Waals surface area contributed by atoms with Gasteiger partial charge in [-0.3, -0.25) is 9.59 Å². The van der Waals surface area contributed by atoms with E-state index in [1.165, 1.54) is 32.1 Å². The van der Waals surface area contributed by atoms with Gasteiger partial charge in [0.25, 0.3) is 5.91 Å². The van der Waals surface area contributed by atoms with Crippen LogP contribution in [0.15, 0.2) is 78.9 Å². The number of alkyl carbamates (subject to hydrolysis) is 1. The zero-order valence-electron chi connectivity index (χ0n) is 26.6. The van der Waals surface area contributed by atoms with Gasteiger partial charge in [-0.2, -0.15) is 0 Å². The van der Waals surface area contributed by atoms with Crippen LogP contribution in [-0.2, 0) is 37.0 Å². The zero-order chi connectivity index (χ0) is 32.6. The fraction of sp³-hybridized carbons (Fsp3) is 0.432. The van der Waals surface area contributed by atoms with E-state index in [1.807, 2.05) is 60.7 Å². The number of nitrogens with one attached hydrogen (secondary N) is 1. The second kappa shape index (κ2) is 15.7. The number of aliphatic hydroxyl groups is 1. The first-order valence-electron chi connectivity index (χ1n) is 16.6. The van der Waals surface area contributed by atoms with E-state index in [9.17, 15) is 19.5 Å². The van der Waals surface area contributed by atoms with E-state index in [0.717, 1.165) is 41.2 Å². The first-order chi connectivity index (χ1) is 23.0. The molecule has 10 nitrogen and oxygen atoms in total. The van der Waals surface area contributed by atoms with Crippen LogP contribution < -0.4 is 10.2 Å². The van der Waals surface area contributed by atoms with E-state index in [2.05, 4.69) is 10.2 Å². The van der Waals surface area contributed by atoms with Crippen molar-refractivity contribution >= 4 is 23.6 Å². The van der Waals surface area contributed by atoms with Gasteiger partial charge in [0.05, 0.1) is 30.9 Å². The molecule has 0 aromatic heterocycles.